The van der Waals surface area contributed by atoms with Crippen molar-refractivity contribution in [3.05, 3.63) is 0 Å². The van der Waals surface area contributed by atoms with Crippen molar-refractivity contribution in [2.75, 3.05) is 52.4 Å². The summed E-state index contributed by atoms with van der Waals surface area (Å²) < 4.78 is 0. The number of hydrogen-bond acceptors (Lipinski definition) is 4. The van der Waals surface area contributed by atoms with Gasteiger partial charge in [-0.25, -0.2) is 0 Å². The molecule has 24 heavy (non-hydrogen) atoms. The van der Waals surface area contributed by atoms with E-state index in [-0.39, 0.29) is 0 Å². The first-order chi connectivity index (χ1) is 11.8. The molecule has 0 aliphatic carbocycles. The summed E-state index contributed by atoms with van der Waals surface area (Å²) >= 11 is 0. The minimum atomic E-state index is 0.318. The van der Waals surface area contributed by atoms with Crippen LogP contribution in [0.1, 0.15) is 51.4 Å². The van der Waals surface area contributed by atoms with E-state index in [2.05, 4.69) is 10.6 Å². The molecule has 2 fully saturated rings. The van der Waals surface area contributed by atoms with E-state index in [1.54, 1.807) is 0 Å². The van der Waals surface area contributed by atoms with Gasteiger partial charge in [0.15, 0.2) is 0 Å². The number of nitrogens with one attached hydrogen (secondary N) is 2. The Hall–Kier alpha value is -1.14. The van der Waals surface area contributed by atoms with Crippen molar-refractivity contribution in [3.63, 3.8) is 0 Å². The highest BCUT2D eigenvalue weighted by molar-refractivity contribution is 5.76. The van der Waals surface area contributed by atoms with Crippen LogP contribution in [-0.4, -0.2) is 74.0 Å². The third-order valence-electron chi connectivity index (χ3n) is 4.97. The maximum atomic E-state index is 12.0. The monoisotopic (exact) mass is 338 g/mol. The molecule has 0 unspecified atom stereocenters. The van der Waals surface area contributed by atoms with E-state index in [4.69, 9.17) is 0 Å². The van der Waals surface area contributed by atoms with Gasteiger partial charge in [-0.2, -0.15) is 0 Å². The summed E-state index contributed by atoms with van der Waals surface area (Å²) in [7, 11) is 0. The van der Waals surface area contributed by atoms with Crippen LogP contribution in [0.25, 0.3) is 0 Å². The van der Waals surface area contributed by atoms with Gasteiger partial charge in [0.05, 0.1) is 0 Å². The average Bonchev–Trinajstić information content (AvgIpc) is 2.65. The number of carbonyl (C=O) groups is 2. The van der Waals surface area contributed by atoms with Crippen molar-refractivity contribution in [3.8, 4) is 0 Å². The minimum absolute atomic E-state index is 0.318. The van der Waals surface area contributed by atoms with Crippen molar-refractivity contribution in [2.24, 2.45) is 0 Å². The van der Waals surface area contributed by atoms with Crippen molar-refractivity contribution < 1.29 is 9.59 Å². The Morgan fingerprint density at radius 1 is 0.583 bits per heavy atom. The van der Waals surface area contributed by atoms with Gasteiger partial charge in [0, 0.05) is 65.2 Å². The van der Waals surface area contributed by atoms with Crippen LogP contribution in [0.2, 0.25) is 0 Å². The summed E-state index contributed by atoms with van der Waals surface area (Å²) in [5.74, 6) is 0.635. The normalized spacial score (nSPS) is 18.7. The zero-order valence-electron chi connectivity index (χ0n) is 15.0. The molecule has 0 atom stereocenters. The number of amides is 2. The lowest BCUT2D eigenvalue weighted by Gasteiger charge is -2.27. The van der Waals surface area contributed by atoms with Crippen LogP contribution in [-0.2, 0) is 9.59 Å². The highest BCUT2D eigenvalue weighted by atomic mass is 16.2. The lowest BCUT2D eigenvalue weighted by molar-refractivity contribution is -0.132. The zero-order chi connectivity index (χ0) is 17.0. The third kappa shape index (κ3) is 7.18. The van der Waals surface area contributed by atoms with Gasteiger partial charge in [-0.3, -0.25) is 9.59 Å². The lowest BCUT2D eigenvalue weighted by Crippen LogP contribution is -2.46. The van der Waals surface area contributed by atoms with Gasteiger partial charge in [-0.1, -0.05) is 25.7 Å². The lowest BCUT2D eigenvalue weighted by atomic mass is 10.1. The van der Waals surface area contributed by atoms with Crippen LogP contribution in [0.15, 0.2) is 0 Å². The highest BCUT2D eigenvalue weighted by Crippen LogP contribution is 2.11. The highest BCUT2D eigenvalue weighted by Gasteiger charge is 2.16. The molecule has 2 N–H and O–H groups in total. The van der Waals surface area contributed by atoms with E-state index in [0.29, 0.717) is 24.7 Å². The number of hydrogen-bond donors (Lipinski definition) is 2. The number of nitrogens with zero attached hydrogens (tertiary/aromatic N) is 2. The number of piperazine rings is 2. The number of unbranched alkanes of at least 4 members (excludes halogenated alkanes) is 5. The molecule has 2 rings (SSSR count). The minimum Gasteiger partial charge on any atom is -0.340 e. The van der Waals surface area contributed by atoms with E-state index >= 15 is 0 Å². The molecule has 2 heterocycles. The smallest absolute Gasteiger partial charge is 0.222 e. The van der Waals surface area contributed by atoms with Crippen LogP contribution in [0.5, 0.6) is 0 Å². The van der Waals surface area contributed by atoms with E-state index in [0.717, 1.165) is 78.0 Å². The molecule has 6 nitrogen and oxygen atoms in total. The van der Waals surface area contributed by atoms with Gasteiger partial charge in [-0.15, -0.1) is 0 Å². The molecule has 2 saturated heterocycles. The summed E-state index contributed by atoms with van der Waals surface area (Å²) in [5.41, 5.74) is 0. The summed E-state index contributed by atoms with van der Waals surface area (Å²) in [6, 6.07) is 0. The second kappa shape index (κ2) is 11.4. The van der Waals surface area contributed by atoms with E-state index < -0.39 is 0 Å². The Morgan fingerprint density at radius 3 is 1.29 bits per heavy atom. The molecule has 0 spiro atoms. The average molecular weight is 338 g/mol. The van der Waals surface area contributed by atoms with Crippen molar-refractivity contribution in [2.45, 2.75) is 51.4 Å². The first kappa shape index (κ1) is 19.2. The van der Waals surface area contributed by atoms with E-state index in [1.165, 1.54) is 12.8 Å². The quantitative estimate of drug-likeness (QED) is 0.615. The van der Waals surface area contributed by atoms with Gasteiger partial charge in [-0.05, 0) is 12.8 Å². The Balaban J connectivity index is 1.40. The van der Waals surface area contributed by atoms with Gasteiger partial charge >= 0.3 is 0 Å². The molecule has 6 heteroatoms. The third-order valence-corrected chi connectivity index (χ3v) is 4.97. The predicted octanol–water partition coefficient (Wildman–Crippen LogP) is 0.971. The van der Waals surface area contributed by atoms with E-state index in [1.807, 2.05) is 9.80 Å². The molecule has 0 aromatic heterocycles. The van der Waals surface area contributed by atoms with Crippen LogP contribution in [0.3, 0.4) is 0 Å². The summed E-state index contributed by atoms with van der Waals surface area (Å²) in [5, 5.41) is 6.54. The van der Waals surface area contributed by atoms with Gasteiger partial charge in [0.1, 0.15) is 0 Å². The molecule has 0 radical (unpaired) electrons. The maximum absolute atomic E-state index is 12.0. The second-order valence-corrected chi connectivity index (χ2v) is 6.88. The summed E-state index contributed by atoms with van der Waals surface area (Å²) in [6.45, 7) is 7.16. The Labute approximate surface area is 146 Å². The van der Waals surface area contributed by atoms with Gasteiger partial charge in [0.25, 0.3) is 0 Å². The summed E-state index contributed by atoms with van der Waals surface area (Å²) in [6.07, 6.45) is 8.01. The number of rotatable bonds is 9. The Morgan fingerprint density at radius 2 is 0.917 bits per heavy atom. The number of carbonyl (C=O) groups excluding carboxylic acids is 2. The molecule has 2 aliphatic heterocycles. The fourth-order valence-electron chi connectivity index (χ4n) is 3.40. The van der Waals surface area contributed by atoms with Crippen molar-refractivity contribution in [1.29, 1.82) is 0 Å². The SMILES string of the molecule is O=C(CCCCCCCCC(=O)N1CCNCC1)N1CCNCC1. The van der Waals surface area contributed by atoms with E-state index in [9.17, 15) is 9.59 Å². The first-order valence-corrected chi connectivity index (χ1v) is 9.74. The molecule has 0 aromatic carbocycles. The Bertz CT molecular complexity index is 341. The topological polar surface area (TPSA) is 64.7 Å². The fourth-order valence-corrected chi connectivity index (χ4v) is 3.40. The first-order valence-electron chi connectivity index (χ1n) is 9.74. The van der Waals surface area contributed by atoms with Crippen LogP contribution in [0.4, 0.5) is 0 Å². The van der Waals surface area contributed by atoms with Crippen molar-refractivity contribution >= 4 is 11.8 Å². The van der Waals surface area contributed by atoms with Gasteiger partial charge in [0.2, 0.25) is 11.8 Å². The molecule has 2 amide bonds. The van der Waals surface area contributed by atoms with Crippen LogP contribution >= 0.6 is 0 Å². The van der Waals surface area contributed by atoms with Crippen LogP contribution in [0, 0.1) is 0 Å². The molecule has 138 valence electrons. The van der Waals surface area contributed by atoms with Gasteiger partial charge < -0.3 is 20.4 Å². The molecule has 0 bridgehead atoms. The van der Waals surface area contributed by atoms with Crippen molar-refractivity contribution in [1.82, 2.24) is 20.4 Å². The molecule has 0 saturated carbocycles. The largest absolute Gasteiger partial charge is 0.340 e. The molecule has 2 aliphatic rings. The fraction of sp³-hybridized carbons (Fsp3) is 0.889. The molecular weight excluding hydrogens is 304 g/mol. The molecular formula is C18H34N4O2. The predicted molar refractivity (Wildman–Crippen MR) is 95.8 cm³/mol. The maximum Gasteiger partial charge on any atom is 0.222 e. The second-order valence-electron chi connectivity index (χ2n) is 6.88. The van der Waals surface area contributed by atoms with Crippen LogP contribution < -0.4 is 10.6 Å². The molecule has 0 aromatic rings. The standard InChI is InChI=1S/C18H34N4O2/c23-17(21-13-9-19-10-14-21)7-5-3-1-2-4-6-8-18(24)22-15-11-20-12-16-22/h19-20H,1-16H2. The Kier molecular flexibility index (Phi) is 9.13. The summed E-state index contributed by atoms with van der Waals surface area (Å²) in [4.78, 5) is 28.0. The zero-order valence-corrected chi connectivity index (χ0v) is 15.0.